The predicted octanol–water partition coefficient (Wildman–Crippen LogP) is 3.57. The van der Waals surface area contributed by atoms with E-state index in [-0.39, 0.29) is 0 Å². The fraction of sp³-hybridized carbons (Fsp3) is 0.588. The molecule has 2 fully saturated rings. The molecule has 3 atom stereocenters. The topological polar surface area (TPSA) is 49.8 Å². The Balaban J connectivity index is 1.87. The summed E-state index contributed by atoms with van der Waals surface area (Å²) >= 11 is 6.11. The highest BCUT2D eigenvalue weighted by atomic mass is 35.5. The van der Waals surface area contributed by atoms with E-state index in [1.54, 1.807) is 13.2 Å². The summed E-state index contributed by atoms with van der Waals surface area (Å²) < 4.78 is 5.41. The Morgan fingerprint density at radius 3 is 2.91 bits per heavy atom. The van der Waals surface area contributed by atoms with Crippen molar-refractivity contribution in [2.24, 2.45) is 5.92 Å². The number of carbonyl (C=O) groups is 1. The van der Waals surface area contributed by atoms with Gasteiger partial charge in [0.25, 0.3) is 0 Å². The Morgan fingerprint density at radius 2 is 2.18 bits per heavy atom. The van der Waals surface area contributed by atoms with Crippen LogP contribution in [0.15, 0.2) is 18.2 Å². The van der Waals surface area contributed by atoms with Gasteiger partial charge in [0.15, 0.2) is 0 Å². The second kappa shape index (κ2) is 6.47. The number of hydrogen-bond donors (Lipinski definition) is 1. The molecule has 0 radical (unpaired) electrons. The minimum Gasteiger partial charge on any atom is -0.496 e. The number of hydrogen-bond acceptors (Lipinski definition) is 3. The van der Waals surface area contributed by atoms with Gasteiger partial charge in [-0.1, -0.05) is 24.4 Å². The standard InChI is InChI=1S/C17H22ClNO3/c1-22-16-7-6-13(18)8-12(16)10-19-14-5-3-2-4-11(14)9-15(19)17(20)21/h6-8,11,14-15H,2-5,9-10H2,1H3,(H,20,21)/t11-,14+,15+/m1/s1. The van der Waals surface area contributed by atoms with Crippen LogP contribution in [0.25, 0.3) is 0 Å². The van der Waals surface area contributed by atoms with E-state index < -0.39 is 12.0 Å². The number of ether oxygens (including phenoxy) is 1. The second-order valence-corrected chi connectivity index (χ2v) is 6.77. The number of rotatable bonds is 4. The number of likely N-dealkylation sites (tertiary alicyclic amines) is 1. The number of carboxylic acid groups (broad SMARTS) is 1. The molecule has 1 saturated heterocycles. The van der Waals surface area contributed by atoms with Crippen LogP contribution in [0.2, 0.25) is 5.02 Å². The van der Waals surface area contributed by atoms with Gasteiger partial charge in [-0.25, -0.2) is 0 Å². The van der Waals surface area contributed by atoms with E-state index in [9.17, 15) is 9.90 Å². The number of halogens is 1. The molecule has 120 valence electrons. The van der Waals surface area contributed by atoms with Crippen LogP contribution >= 0.6 is 11.6 Å². The SMILES string of the molecule is COc1ccc(Cl)cc1CN1[C@H](C(=O)O)C[C@H]2CCCC[C@@H]21. The van der Waals surface area contributed by atoms with Crippen LogP contribution in [0.3, 0.4) is 0 Å². The molecule has 1 aromatic rings. The molecule has 1 aromatic carbocycles. The quantitative estimate of drug-likeness (QED) is 0.920. The molecule has 22 heavy (non-hydrogen) atoms. The van der Waals surface area contributed by atoms with Crippen molar-refractivity contribution in [1.82, 2.24) is 4.90 Å². The molecule has 3 rings (SSSR count). The van der Waals surface area contributed by atoms with Crippen molar-refractivity contribution in [3.8, 4) is 5.75 Å². The lowest BCUT2D eigenvalue weighted by molar-refractivity contribution is -0.142. The van der Waals surface area contributed by atoms with Crippen LogP contribution in [0, 0.1) is 5.92 Å². The summed E-state index contributed by atoms with van der Waals surface area (Å²) in [4.78, 5) is 13.8. The zero-order valence-corrected chi connectivity index (χ0v) is 13.6. The van der Waals surface area contributed by atoms with Crippen LogP contribution < -0.4 is 4.74 Å². The number of methoxy groups -OCH3 is 1. The molecule has 0 aromatic heterocycles. The molecule has 5 heteroatoms. The lowest BCUT2D eigenvalue weighted by atomic mass is 9.84. The summed E-state index contributed by atoms with van der Waals surface area (Å²) in [5.74, 6) is 0.572. The Labute approximate surface area is 136 Å². The average Bonchev–Trinajstić information content (AvgIpc) is 2.87. The highest BCUT2D eigenvalue weighted by Crippen LogP contribution is 2.41. The maximum absolute atomic E-state index is 11.7. The lowest BCUT2D eigenvalue weighted by Crippen LogP contribution is -2.41. The molecule has 0 bridgehead atoms. The number of aliphatic carboxylic acids is 1. The van der Waals surface area contributed by atoms with Gasteiger partial charge in [-0.05, 0) is 43.4 Å². The van der Waals surface area contributed by atoms with Crippen LogP contribution in [0.5, 0.6) is 5.75 Å². The zero-order valence-electron chi connectivity index (χ0n) is 12.8. The van der Waals surface area contributed by atoms with E-state index in [0.717, 1.165) is 30.6 Å². The number of benzene rings is 1. The minimum atomic E-state index is -0.713. The normalized spacial score (nSPS) is 28.4. The van der Waals surface area contributed by atoms with Crippen molar-refractivity contribution >= 4 is 17.6 Å². The Kier molecular flexibility index (Phi) is 4.59. The van der Waals surface area contributed by atoms with Gasteiger partial charge in [0.05, 0.1) is 7.11 Å². The molecule has 1 saturated carbocycles. The van der Waals surface area contributed by atoms with Gasteiger partial charge in [-0.3, -0.25) is 9.69 Å². The van der Waals surface area contributed by atoms with Crippen molar-refractivity contribution in [3.63, 3.8) is 0 Å². The highest BCUT2D eigenvalue weighted by Gasteiger charge is 2.45. The first kappa shape index (κ1) is 15.6. The zero-order chi connectivity index (χ0) is 15.7. The average molecular weight is 324 g/mol. The van der Waals surface area contributed by atoms with Crippen molar-refractivity contribution in [2.45, 2.75) is 50.7 Å². The molecular formula is C17H22ClNO3. The van der Waals surface area contributed by atoms with Crippen molar-refractivity contribution in [1.29, 1.82) is 0 Å². The van der Waals surface area contributed by atoms with E-state index in [4.69, 9.17) is 16.3 Å². The van der Waals surface area contributed by atoms with Gasteiger partial charge in [-0.2, -0.15) is 0 Å². The Hall–Kier alpha value is -1.26. The van der Waals surface area contributed by atoms with Crippen molar-refractivity contribution < 1.29 is 14.6 Å². The maximum Gasteiger partial charge on any atom is 0.320 e. The summed E-state index contributed by atoms with van der Waals surface area (Å²) in [7, 11) is 1.63. The summed E-state index contributed by atoms with van der Waals surface area (Å²) in [5, 5.41) is 10.2. The van der Waals surface area contributed by atoms with E-state index >= 15 is 0 Å². The molecule has 1 aliphatic heterocycles. The maximum atomic E-state index is 11.7. The van der Waals surface area contributed by atoms with E-state index in [0.29, 0.717) is 23.5 Å². The fourth-order valence-corrected chi connectivity index (χ4v) is 4.29. The van der Waals surface area contributed by atoms with Crippen LogP contribution in [-0.2, 0) is 11.3 Å². The molecule has 0 amide bonds. The summed E-state index contributed by atoms with van der Waals surface area (Å²) in [6.07, 6.45) is 5.43. The van der Waals surface area contributed by atoms with E-state index in [1.165, 1.54) is 12.8 Å². The molecule has 0 unspecified atom stereocenters. The van der Waals surface area contributed by atoms with Crippen LogP contribution in [-0.4, -0.2) is 35.2 Å². The number of carboxylic acids is 1. The van der Waals surface area contributed by atoms with Gasteiger partial charge in [0.1, 0.15) is 11.8 Å². The third-order valence-electron chi connectivity index (χ3n) is 5.10. The third kappa shape index (κ3) is 2.95. The molecular weight excluding hydrogens is 302 g/mol. The minimum absolute atomic E-state index is 0.374. The molecule has 2 aliphatic rings. The van der Waals surface area contributed by atoms with Crippen molar-refractivity contribution in [3.05, 3.63) is 28.8 Å². The van der Waals surface area contributed by atoms with E-state index in [2.05, 4.69) is 4.90 Å². The van der Waals surface area contributed by atoms with Gasteiger partial charge in [0, 0.05) is 23.2 Å². The monoisotopic (exact) mass is 323 g/mol. The molecule has 4 nitrogen and oxygen atoms in total. The fourth-order valence-electron chi connectivity index (χ4n) is 4.09. The lowest BCUT2D eigenvalue weighted by Gasteiger charge is -2.33. The van der Waals surface area contributed by atoms with Gasteiger partial charge < -0.3 is 9.84 Å². The number of fused-ring (bicyclic) bond motifs is 1. The highest BCUT2D eigenvalue weighted by molar-refractivity contribution is 6.30. The van der Waals surface area contributed by atoms with Gasteiger partial charge >= 0.3 is 5.97 Å². The molecule has 0 spiro atoms. The number of nitrogens with zero attached hydrogens (tertiary/aromatic N) is 1. The molecule has 1 heterocycles. The summed E-state index contributed by atoms with van der Waals surface area (Å²) in [5.41, 5.74) is 0.965. The van der Waals surface area contributed by atoms with Gasteiger partial charge in [0.2, 0.25) is 0 Å². The first-order chi connectivity index (χ1) is 10.6. The summed E-state index contributed by atoms with van der Waals surface area (Å²) in [6, 6.07) is 5.51. The molecule has 1 aliphatic carbocycles. The van der Waals surface area contributed by atoms with Crippen molar-refractivity contribution in [2.75, 3.05) is 7.11 Å². The predicted molar refractivity (Wildman–Crippen MR) is 85.3 cm³/mol. The Morgan fingerprint density at radius 1 is 1.41 bits per heavy atom. The smallest absolute Gasteiger partial charge is 0.320 e. The summed E-state index contributed by atoms with van der Waals surface area (Å²) in [6.45, 7) is 0.585. The second-order valence-electron chi connectivity index (χ2n) is 6.33. The first-order valence-corrected chi connectivity index (χ1v) is 8.29. The Bertz CT molecular complexity index is 563. The van der Waals surface area contributed by atoms with Crippen LogP contribution in [0.1, 0.15) is 37.7 Å². The third-order valence-corrected chi connectivity index (χ3v) is 5.34. The largest absolute Gasteiger partial charge is 0.496 e. The van der Waals surface area contributed by atoms with E-state index in [1.807, 2.05) is 12.1 Å². The van der Waals surface area contributed by atoms with Crippen LogP contribution in [0.4, 0.5) is 0 Å². The molecule has 1 N–H and O–H groups in total. The van der Waals surface area contributed by atoms with Gasteiger partial charge in [-0.15, -0.1) is 0 Å². The first-order valence-electron chi connectivity index (χ1n) is 7.91.